The van der Waals surface area contributed by atoms with E-state index in [0.29, 0.717) is 30.2 Å². The van der Waals surface area contributed by atoms with Crippen molar-refractivity contribution in [2.45, 2.75) is 6.42 Å². The number of sulfonamides is 1. The van der Waals surface area contributed by atoms with Crippen molar-refractivity contribution in [3.8, 4) is 11.5 Å². The van der Waals surface area contributed by atoms with Crippen LogP contribution in [0.2, 0.25) is 5.02 Å². The van der Waals surface area contributed by atoms with Crippen molar-refractivity contribution in [2.24, 2.45) is 0 Å². The number of amides is 1. The van der Waals surface area contributed by atoms with Gasteiger partial charge in [-0.05, 0) is 30.2 Å². The zero-order valence-electron chi connectivity index (χ0n) is 14.3. The lowest BCUT2D eigenvalue weighted by atomic mass is 10.2. The predicted molar refractivity (Wildman–Crippen MR) is 101 cm³/mol. The number of nitrogens with zero attached hydrogens (tertiary/aromatic N) is 1. The summed E-state index contributed by atoms with van der Waals surface area (Å²) in [4.78, 5) is 12.3. The largest absolute Gasteiger partial charge is 0.454 e. The van der Waals surface area contributed by atoms with Crippen LogP contribution in [0, 0.1) is 0 Å². The average Bonchev–Trinajstić information content (AvgIpc) is 3.28. The number of anilines is 1. The van der Waals surface area contributed by atoms with Gasteiger partial charge in [0.15, 0.2) is 11.5 Å². The Balaban J connectivity index is 1.40. The second-order valence-corrected chi connectivity index (χ2v) is 8.63. The summed E-state index contributed by atoms with van der Waals surface area (Å²) in [6.45, 7) is 0.467. The molecule has 0 atom stereocenters. The third-order valence-corrected chi connectivity index (χ3v) is 6.57. The van der Waals surface area contributed by atoms with E-state index in [4.69, 9.17) is 21.1 Å². The lowest BCUT2D eigenvalue weighted by Gasteiger charge is -2.19. The summed E-state index contributed by atoms with van der Waals surface area (Å²) in [5.41, 5.74) is 2.01. The highest BCUT2D eigenvalue weighted by Crippen LogP contribution is 2.39. The number of carbonyl (C=O) groups is 1. The molecule has 0 bridgehead atoms. The molecule has 0 spiro atoms. The molecule has 0 unspecified atom stereocenters. The molecule has 0 saturated heterocycles. The molecular weight excluding hydrogens is 392 g/mol. The van der Waals surface area contributed by atoms with Crippen molar-refractivity contribution in [3.05, 3.63) is 52.5 Å². The molecule has 1 N–H and O–H groups in total. The van der Waals surface area contributed by atoms with Gasteiger partial charge in [0.1, 0.15) is 0 Å². The summed E-state index contributed by atoms with van der Waals surface area (Å²) >= 11 is 6.07. The number of fused-ring (bicyclic) bond motifs is 2. The SMILES string of the molecule is O=C(NCCS(=O)(=O)N1CCc2ccccc21)c1cc(Cl)c2c(c1)OCO2. The zero-order chi connectivity index (χ0) is 19.0. The summed E-state index contributed by atoms with van der Waals surface area (Å²) in [5, 5.41) is 2.90. The molecule has 2 aliphatic heterocycles. The van der Waals surface area contributed by atoms with Crippen LogP contribution in [-0.4, -0.2) is 40.0 Å². The van der Waals surface area contributed by atoms with Crippen molar-refractivity contribution >= 4 is 33.2 Å². The van der Waals surface area contributed by atoms with Crippen LogP contribution in [-0.2, 0) is 16.4 Å². The number of ether oxygens (including phenoxy) is 2. The fraction of sp³-hybridized carbons (Fsp3) is 0.278. The molecule has 0 saturated carbocycles. The number of benzene rings is 2. The third kappa shape index (κ3) is 3.42. The molecule has 2 heterocycles. The summed E-state index contributed by atoms with van der Waals surface area (Å²) < 4.78 is 37.1. The van der Waals surface area contributed by atoms with Crippen molar-refractivity contribution in [2.75, 3.05) is 29.9 Å². The highest BCUT2D eigenvalue weighted by atomic mass is 35.5. The summed E-state index contributed by atoms with van der Waals surface area (Å²) in [5.74, 6) is 0.190. The molecule has 0 aromatic heterocycles. The first-order valence-electron chi connectivity index (χ1n) is 8.41. The van der Waals surface area contributed by atoms with Crippen LogP contribution in [0.5, 0.6) is 11.5 Å². The van der Waals surface area contributed by atoms with Gasteiger partial charge in [-0.2, -0.15) is 0 Å². The smallest absolute Gasteiger partial charge is 0.251 e. The standard InChI is InChI=1S/C18H17ClN2O5S/c19-14-9-13(10-16-17(14)26-11-25-16)18(22)20-6-8-27(23,24)21-7-5-12-3-1-2-4-15(12)21/h1-4,9-10H,5-8,11H2,(H,20,22). The first-order chi connectivity index (χ1) is 13.0. The molecule has 7 nitrogen and oxygen atoms in total. The molecule has 0 fully saturated rings. The minimum Gasteiger partial charge on any atom is -0.454 e. The van der Waals surface area contributed by atoms with Gasteiger partial charge in [0.05, 0.1) is 16.5 Å². The highest BCUT2D eigenvalue weighted by Gasteiger charge is 2.29. The number of hydrogen-bond donors (Lipinski definition) is 1. The molecular formula is C18H17ClN2O5S. The second kappa shape index (κ2) is 6.94. The monoisotopic (exact) mass is 408 g/mol. The van der Waals surface area contributed by atoms with Crippen LogP contribution in [0.4, 0.5) is 5.69 Å². The Morgan fingerprint density at radius 1 is 1.22 bits per heavy atom. The predicted octanol–water partition coefficient (Wildman–Crippen LogP) is 2.19. The number of halogens is 1. The van der Waals surface area contributed by atoms with E-state index < -0.39 is 15.9 Å². The van der Waals surface area contributed by atoms with Gasteiger partial charge in [-0.3, -0.25) is 9.10 Å². The molecule has 1 amide bonds. The molecule has 0 aliphatic carbocycles. The van der Waals surface area contributed by atoms with Crippen molar-refractivity contribution < 1.29 is 22.7 Å². The minimum atomic E-state index is -3.52. The van der Waals surface area contributed by atoms with Gasteiger partial charge in [-0.15, -0.1) is 0 Å². The van der Waals surface area contributed by atoms with E-state index in [1.54, 1.807) is 6.07 Å². The summed E-state index contributed by atoms with van der Waals surface area (Å²) in [6, 6.07) is 10.4. The van der Waals surface area contributed by atoms with Gasteiger partial charge in [0, 0.05) is 18.7 Å². The van der Waals surface area contributed by atoms with Crippen molar-refractivity contribution in [3.63, 3.8) is 0 Å². The van der Waals surface area contributed by atoms with Crippen molar-refractivity contribution in [1.29, 1.82) is 0 Å². The first-order valence-corrected chi connectivity index (χ1v) is 10.4. The van der Waals surface area contributed by atoms with Gasteiger partial charge >= 0.3 is 0 Å². The van der Waals surface area contributed by atoms with Crippen molar-refractivity contribution in [1.82, 2.24) is 5.32 Å². The van der Waals surface area contributed by atoms with Gasteiger partial charge < -0.3 is 14.8 Å². The summed E-state index contributed by atoms with van der Waals surface area (Å²) in [6.07, 6.45) is 0.692. The minimum absolute atomic E-state index is 0.00804. The Hall–Kier alpha value is -2.45. The Morgan fingerprint density at radius 2 is 2.04 bits per heavy atom. The molecule has 2 aromatic rings. The normalized spacial score (nSPS) is 14.9. The molecule has 2 aliphatic rings. The number of hydrogen-bond acceptors (Lipinski definition) is 5. The lowest BCUT2D eigenvalue weighted by Crippen LogP contribution is -2.37. The van der Waals surface area contributed by atoms with E-state index in [1.807, 2.05) is 18.2 Å². The highest BCUT2D eigenvalue weighted by molar-refractivity contribution is 7.92. The van der Waals surface area contributed by atoms with E-state index >= 15 is 0 Å². The second-order valence-electron chi connectivity index (χ2n) is 6.21. The molecule has 2 aromatic carbocycles. The molecule has 9 heteroatoms. The zero-order valence-corrected chi connectivity index (χ0v) is 15.8. The van der Waals surface area contributed by atoms with Crippen LogP contribution >= 0.6 is 11.6 Å². The van der Waals surface area contributed by atoms with E-state index in [-0.39, 0.29) is 29.7 Å². The first kappa shape index (κ1) is 17.9. The number of para-hydroxylation sites is 1. The maximum absolute atomic E-state index is 12.6. The quantitative estimate of drug-likeness (QED) is 0.819. The molecule has 4 rings (SSSR count). The number of nitrogens with one attached hydrogen (secondary N) is 1. The van der Waals surface area contributed by atoms with Gasteiger partial charge in [0.2, 0.25) is 16.8 Å². The fourth-order valence-corrected chi connectivity index (χ4v) is 4.89. The van der Waals surface area contributed by atoms with E-state index in [9.17, 15) is 13.2 Å². The molecule has 27 heavy (non-hydrogen) atoms. The average molecular weight is 409 g/mol. The number of rotatable bonds is 5. The van der Waals surface area contributed by atoms with E-state index in [0.717, 1.165) is 5.56 Å². The topological polar surface area (TPSA) is 84.9 Å². The lowest BCUT2D eigenvalue weighted by molar-refractivity contribution is 0.0955. The number of carbonyl (C=O) groups excluding carboxylic acids is 1. The van der Waals surface area contributed by atoms with E-state index in [1.165, 1.54) is 16.4 Å². The Labute approximate surface area is 161 Å². The van der Waals surface area contributed by atoms with Crippen LogP contribution in [0.1, 0.15) is 15.9 Å². The van der Waals surface area contributed by atoms with Crippen LogP contribution in [0.3, 0.4) is 0 Å². The Kier molecular flexibility index (Phi) is 4.61. The Morgan fingerprint density at radius 3 is 2.89 bits per heavy atom. The van der Waals surface area contributed by atoms with Gasteiger partial charge in [-0.25, -0.2) is 8.42 Å². The van der Waals surface area contributed by atoms with Crippen LogP contribution in [0.25, 0.3) is 0 Å². The molecule has 0 radical (unpaired) electrons. The van der Waals surface area contributed by atoms with Gasteiger partial charge in [0.25, 0.3) is 5.91 Å². The maximum Gasteiger partial charge on any atom is 0.251 e. The van der Waals surface area contributed by atoms with Gasteiger partial charge in [-0.1, -0.05) is 29.8 Å². The van der Waals surface area contributed by atoms with Crippen LogP contribution < -0.4 is 19.1 Å². The van der Waals surface area contributed by atoms with Crippen LogP contribution in [0.15, 0.2) is 36.4 Å². The molecule has 142 valence electrons. The Bertz CT molecular complexity index is 1010. The third-order valence-electron chi connectivity index (χ3n) is 4.52. The summed E-state index contributed by atoms with van der Waals surface area (Å²) in [7, 11) is -3.52. The fourth-order valence-electron chi connectivity index (χ4n) is 3.20. The van der Waals surface area contributed by atoms with E-state index in [2.05, 4.69) is 5.32 Å². The maximum atomic E-state index is 12.6.